The SMILES string of the molecule is COCCCN1CCOc2ccc(CO[C@H]3CN(S(=O)(=O)c4ccc(C)cc4)[C@@H](CCC#N)C[C@@H]3c3ccc(OC)cc3)cc21. The molecule has 240 valence electrons. The lowest BCUT2D eigenvalue weighted by Crippen LogP contribution is -2.52. The van der Waals surface area contributed by atoms with Crippen LogP contribution in [0.15, 0.2) is 71.6 Å². The molecule has 9 nitrogen and oxygen atoms in total. The fourth-order valence-electron chi connectivity index (χ4n) is 6.26. The molecule has 0 N–H and O–H groups in total. The van der Waals surface area contributed by atoms with Gasteiger partial charge >= 0.3 is 0 Å². The Kier molecular flexibility index (Phi) is 11.0. The predicted octanol–water partition coefficient (Wildman–Crippen LogP) is 5.67. The normalized spacial score (nSPS) is 20.2. The maximum absolute atomic E-state index is 14.1. The van der Waals surface area contributed by atoms with Crippen LogP contribution in [0.2, 0.25) is 0 Å². The summed E-state index contributed by atoms with van der Waals surface area (Å²) >= 11 is 0. The van der Waals surface area contributed by atoms with Crippen molar-refractivity contribution in [2.24, 2.45) is 0 Å². The molecule has 3 aromatic rings. The van der Waals surface area contributed by atoms with Gasteiger partial charge in [0.2, 0.25) is 10.0 Å². The molecule has 0 radical (unpaired) electrons. The Morgan fingerprint density at radius 2 is 1.82 bits per heavy atom. The summed E-state index contributed by atoms with van der Waals surface area (Å²) in [5.74, 6) is 1.53. The monoisotopic (exact) mass is 633 g/mol. The topological polar surface area (TPSA) is 101 Å². The van der Waals surface area contributed by atoms with E-state index in [-0.39, 0.29) is 29.8 Å². The Balaban J connectivity index is 1.43. The van der Waals surface area contributed by atoms with E-state index in [9.17, 15) is 13.7 Å². The fraction of sp³-hybridized carbons (Fsp3) is 0.457. The maximum Gasteiger partial charge on any atom is 0.243 e. The third-order valence-electron chi connectivity index (χ3n) is 8.73. The largest absolute Gasteiger partial charge is 0.497 e. The zero-order chi connectivity index (χ0) is 31.8. The van der Waals surface area contributed by atoms with Gasteiger partial charge < -0.3 is 23.8 Å². The third-order valence-corrected chi connectivity index (χ3v) is 10.7. The van der Waals surface area contributed by atoms with E-state index in [1.807, 2.05) is 55.5 Å². The van der Waals surface area contributed by atoms with Crippen molar-refractivity contribution in [3.8, 4) is 17.6 Å². The molecule has 2 heterocycles. The zero-order valence-corrected chi connectivity index (χ0v) is 27.2. The highest BCUT2D eigenvalue weighted by molar-refractivity contribution is 7.89. The van der Waals surface area contributed by atoms with Gasteiger partial charge in [-0.25, -0.2) is 8.42 Å². The van der Waals surface area contributed by atoms with Crippen LogP contribution in [0.25, 0.3) is 0 Å². The average Bonchev–Trinajstić information content (AvgIpc) is 3.06. The summed E-state index contributed by atoms with van der Waals surface area (Å²) in [6, 6.07) is 22.8. The molecule has 0 unspecified atom stereocenters. The van der Waals surface area contributed by atoms with Crippen LogP contribution in [0.4, 0.5) is 5.69 Å². The minimum absolute atomic E-state index is 0.0735. The van der Waals surface area contributed by atoms with E-state index in [2.05, 4.69) is 17.0 Å². The number of rotatable bonds is 13. The minimum atomic E-state index is -3.83. The van der Waals surface area contributed by atoms with E-state index < -0.39 is 16.1 Å². The van der Waals surface area contributed by atoms with Crippen molar-refractivity contribution in [1.29, 1.82) is 5.26 Å². The van der Waals surface area contributed by atoms with Crippen LogP contribution in [0.3, 0.4) is 0 Å². The lowest BCUT2D eigenvalue weighted by atomic mass is 9.83. The smallest absolute Gasteiger partial charge is 0.243 e. The molecule has 0 spiro atoms. The molecule has 1 fully saturated rings. The molecular weight excluding hydrogens is 590 g/mol. The number of hydrogen-bond donors (Lipinski definition) is 0. The molecule has 10 heteroatoms. The van der Waals surface area contributed by atoms with Crippen molar-refractivity contribution >= 4 is 15.7 Å². The summed E-state index contributed by atoms with van der Waals surface area (Å²) in [6.45, 7) is 5.44. The number of sulfonamides is 1. The van der Waals surface area contributed by atoms with Crippen molar-refractivity contribution < 1.29 is 27.4 Å². The Morgan fingerprint density at radius 1 is 1.04 bits per heavy atom. The van der Waals surface area contributed by atoms with E-state index in [0.29, 0.717) is 32.7 Å². The minimum Gasteiger partial charge on any atom is -0.497 e. The number of fused-ring (bicyclic) bond motifs is 1. The van der Waals surface area contributed by atoms with Crippen LogP contribution in [0, 0.1) is 18.3 Å². The van der Waals surface area contributed by atoms with Gasteiger partial charge in [-0.1, -0.05) is 35.9 Å². The van der Waals surface area contributed by atoms with Gasteiger partial charge in [0.05, 0.1) is 43.0 Å². The summed E-state index contributed by atoms with van der Waals surface area (Å²) in [5, 5.41) is 9.42. The first-order valence-corrected chi connectivity index (χ1v) is 17.0. The first-order chi connectivity index (χ1) is 21.8. The molecule has 2 aliphatic heterocycles. The lowest BCUT2D eigenvalue weighted by molar-refractivity contribution is -0.0206. The van der Waals surface area contributed by atoms with E-state index in [1.165, 1.54) is 0 Å². The molecule has 5 rings (SSSR count). The van der Waals surface area contributed by atoms with Gasteiger partial charge in [-0.2, -0.15) is 9.57 Å². The van der Waals surface area contributed by atoms with Crippen LogP contribution in [0.1, 0.15) is 48.3 Å². The van der Waals surface area contributed by atoms with Crippen molar-refractivity contribution in [2.75, 3.05) is 52.0 Å². The van der Waals surface area contributed by atoms with Crippen molar-refractivity contribution in [3.05, 3.63) is 83.4 Å². The Hall–Kier alpha value is -3.62. The summed E-state index contributed by atoms with van der Waals surface area (Å²) in [5.41, 5.74) is 4.07. The number of nitriles is 1. The lowest BCUT2D eigenvalue weighted by Gasteiger charge is -2.43. The van der Waals surface area contributed by atoms with Gasteiger partial charge in [0.15, 0.2) is 0 Å². The standard InChI is InChI=1S/C35H43N3O6S/c1-26-7-14-31(15-8-26)45(39,40)38-24-35(32(23-29(38)6-4-17-36)28-10-12-30(42-3)13-11-28)44-25-27-9-16-34-33(22-27)37(19-21-43-34)18-5-20-41-2/h7-16,22,29,32,35H,4-6,18-21,23-25H2,1-3H3/t29-,32+,35-/m0/s1. The quantitative estimate of drug-likeness (QED) is 0.222. The number of nitrogens with zero attached hydrogens (tertiary/aromatic N) is 3. The second kappa shape index (κ2) is 15.1. The highest BCUT2D eigenvalue weighted by Gasteiger charge is 2.42. The summed E-state index contributed by atoms with van der Waals surface area (Å²) < 4.78 is 52.9. The van der Waals surface area contributed by atoms with E-state index in [1.54, 1.807) is 30.7 Å². The Bertz CT molecular complexity index is 1560. The third kappa shape index (κ3) is 7.79. The molecule has 3 aromatic carbocycles. The van der Waals surface area contributed by atoms with Crippen molar-refractivity contribution in [1.82, 2.24) is 4.31 Å². The van der Waals surface area contributed by atoms with Crippen LogP contribution >= 0.6 is 0 Å². The number of piperidine rings is 1. The van der Waals surface area contributed by atoms with E-state index >= 15 is 0 Å². The second-order valence-electron chi connectivity index (χ2n) is 11.7. The highest BCUT2D eigenvalue weighted by Crippen LogP contribution is 2.39. The molecule has 0 aliphatic carbocycles. The average molecular weight is 634 g/mol. The predicted molar refractivity (Wildman–Crippen MR) is 173 cm³/mol. The van der Waals surface area contributed by atoms with Crippen molar-refractivity contribution in [2.45, 2.75) is 62.2 Å². The molecule has 45 heavy (non-hydrogen) atoms. The first kappa shape index (κ1) is 32.8. The van der Waals surface area contributed by atoms with Crippen LogP contribution in [-0.4, -0.2) is 71.9 Å². The van der Waals surface area contributed by atoms with Gasteiger partial charge in [-0.05, 0) is 73.7 Å². The van der Waals surface area contributed by atoms with Gasteiger partial charge in [-0.3, -0.25) is 0 Å². The molecule has 0 saturated carbocycles. The van der Waals surface area contributed by atoms with Gasteiger partial charge in [0.25, 0.3) is 0 Å². The summed E-state index contributed by atoms with van der Waals surface area (Å²) in [7, 11) is -0.482. The highest BCUT2D eigenvalue weighted by atomic mass is 32.2. The fourth-order valence-corrected chi connectivity index (χ4v) is 7.94. The van der Waals surface area contributed by atoms with E-state index in [4.69, 9.17) is 18.9 Å². The second-order valence-corrected chi connectivity index (χ2v) is 13.6. The molecule has 0 aromatic heterocycles. The number of aryl methyl sites for hydroxylation is 1. The Morgan fingerprint density at radius 3 is 2.53 bits per heavy atom. The zero-order valence-electron chi connectivity index (χ0n) is 26.4. The van der Waals surface area contributed by atoms with Crippen LogP contribution in [0.5, 0.6) is 11.5 Å². The maximum atomic E-state index is 14.1. The molecule has 1 saturated heterocycles. The van der Waals surface area contributed by atoms with Gasteiger partial charge in [0.1, 0.15) is 18.1 Å². The molecular formula is C35H43N3O6S. The van der Waals surface area contributed by atoms with Crippen LogP contribution in [-0.2, 0) is 26.1 Å². The summed E-state index contributed by atoms with van der Waals surface area (Å²) in [6.07, 6.45) is 1.76. The summed E-state index contributed by atoms with van der Waals surface area (Å²) in [4.78, 5) is 2.57. The van der Waals surface area contributed by atoms with Gasteiger partial charge in [-0.15, -0.1) is 0 Å². The van der Waals surface area contributed by atoms with E-state index in [0.717, 1.165) is 53.4 Å². The molecule has 3 atom stereocenters. The first-order valence-electron chi connectivity index (χ1n) is 15.5. The molecule has 0 bridgehead atoms. The van der Waals surface area contributed by atoms with Crippen molar-refractivity contribution in [3.63, 3.8) is 0 Å². The number of ether oxygens (including phenoxy) is 4. The van der Waals surface area contributed by atoms with Crippen LogP contribution < -0.4 is 14.4 Å². The number of methoxy groups -OCH3 is 2. The number of hydrogen-bond acceptors (Lipinski definition) is 8. The molecule has 0 amide bonds. The number of benzene rings is 3. The number of anilines is 1. The Labute approximate surface area is 267 Å². The molecule has 2 aliphatic rings. The van der Waals surface area contributed by atoms with Gasteiger partial charge in [0, 0.05) is 45.2 Å².